The lowest BCUT2D eigenvalue weighted by Crippen LogP contribution is -2.54. The number of likely N-dealkylation sites (N-methyl/N-ethyl adjacent to an activating group) is 1. The summed E-state index contributed by atoms with van der Waals surface area (Å²) in [7, 11) is -2.54. The molecule has 1 aliphatic heterocycles. The second kappa shape index (κ2) is 12.7. The molecule has 3 aromatic rings. The number of nitrogens with zero attached hydrogens (tertiary/aromatic N) is 2. The summed E-state index contributed by atoms with van der Waals surface area (Å²) in [5, 5.41) is 9.37. The van der Waals surface area contributed by atoms with E-state index in [4.69, 9.17) is 0 Å². The zero-order valence-electron chi connectivity index (χ0n) is 21.6. The molecule has 1 aromatic heterocycles. The number of aromatic nitrogens is 1. The largest absolute Gasteiger partial charge is 0.371 e. The van der Waals surface area contributed by atoms with Gasteiger partial charge in [0.05, 0.1) is 11.4 Å². The minimum atomic E-state index is -3.96. The fourth-order valence-electron chi connectivity index (χ4n) is 4.51. The Balaban J connectivity index is 1.27. The van der Waals surface area contributed by atoms with Gasteiger partial charge in [0, 0.05) is 50.7 Å². The lowest BCUT2D eigenvalue weighted by atomic mass is 9.95. The molecule has 1 saturated heterocycles. The molecule has 0 saturated carbocycles. The summed E-state index contributed by atoms with van der Waals surface area (Å²) in [5.41, 5.74) is 1.06. The van der Waals surface area contributed by atoms with Crippen LogP contribution in [0.4, 0.5) is 5.69 Å². The van der Waals surface area contributed by atoms with Gasteiger partial charge >= 0.3 is 0 Å². The predicted molar refractivity (Wildman–Crippen MR) is 147 cm³/mol. The molecule has 11 nitrogen and oxygen atoms in total. The summed E-state index contributed by atoms with van der Waals surface area (Å²) in [6.45, 7) is 0.750. The first-order chi connectivity index (χ1) is 18.8. The number of carbonyl (C=O) groups excluding carboxylic acids is 3. The molecule has 1 aliphatic rings. The van der Waals surface area contributed by atoms with Crippen molar-refractivity contribution in [1.82, 2.24) is 25.7 Å². The Morgan fingerprint density at radius 2 is 1.69 bits per heavy atom. The summed E-state index contributed by atoms with van der Waals surface area (Å²) >= 11 is 0. The number of sulfonamides is 1. The Kier molecular flexibility index (Phi) is 9.10. The highest BCUT2D eigenvalue weighted by Gasteiger charge is 2.27. The molecule has 12 heteroatoms. The Morgan fingerprint density at radius 3 is 2.38 bits per heavy atom. The van der Waals surface area contributed by atoms with Crippen molar-refractivity contribution in [3.8, 4) is 0 Å². The molecule has 2 heterocycles. The van der Waals surface area contributed by atoms with Crippen LogP contribution in [0.5, 0.6) is 0 Å². The van der Waals surface area contributed by atoms with Gasteiger partial charge in [-0.2, -0.15) is 0 Å². The molecule has 1 atom stereocenters. The number of fused-ring (bicyclic) bond motifs is 1. The topological polar surface area (TPSA) is 150 Å². The third kappa shape index (κ3) is 7.30. The third-order valence-corrected chi connectivity index (χ3v) is 8.13. The number of anilines is 1. The number of amides is 3. The SMILES string of the molecule is CNC(=O)C(CNC(=O)C1CCN(c2ccncc2)CC1)NC(=O)CNS(=O)(=O)c1ccc2ccccc2c1. The van der Waals surface area contributed by atoms with Crippen molar-refractivity contribution in [2.75, 3.05) is 38.1 Å². The first kappa shape index (κ1) is 28.0. The van der Waals surface area contributed by atoms with Crippen LogP contribution < -0.4 is 25.6 Å². The van der Waals surface area contributed by atoms with Gasteiger partial charge in [0.25, 0.3) is 0 Å². The highest BCUT2D eigenvalue weighted by molar-refractivity contribution is 7.89. The van der Waals surface area contributed by atoms with E-state index in [0.717, 1.165) is 29.5 Å². The van der Waals surface area contributed by atoms with Crippen molar-refractivity contribution >= 4 is 44.2 Å². The smallest absolute Gasteiger partial charge is 0.244 e. The zero-order chi connectivity index (χ0) is 27.8. The number of benzene rings is 2. The van der Waals surface area contributed by atoms with E-state index in [1.165, 1.54) is 19.2 Å². The van der Waals surface area contributed by atoms with Gasteiger partial charge in [0.2, 0.25) is 27.7 Å². The highest BCUT2D eigenvalue weighted by atomic mass is 32.2. The Labute approximate surface area is 227 Å². The summed E-state index contributed by atoms with van der Waals surface area (Å²) < 4.78 is 27.7. The average molecular weight is 553 g/mol. The monoisotopic (exact) mass is 552 g/mol. The number of carbonyl (C=O) groups is 3. The number of hydrogen-bond donors (Lipinski definition) is 4. The molecule has 0 spiro atoms. The van der Waals surface area contributed by atoms with Crippen molar-refractivity contribution in [1.29, 1.82) is 0 Å². The van der Waals surface area contributed by atoms with Crippen LogP contribution in [-0.4, -0.2) is 70.4 Å². The standard InChI is InChI=1S/C27H32N6O5S/c1-28-27(36)24(17-30-26(35)20-10-14-33(15-11-20)22-8-12-29-13-9-22)32-25(34)18-31-39(37,38)23-7-6-19-4-2-3-5-21(19)16-23/h2-9,12-13,16,20,24,31H,10-11,14-15,17-18H2,1H3,(H,28,36)(H,30,35)(H,32,34). The van der Waals surface area contributed by atoms with Crippen molar-refractivity contribution in [2.45, 2.75) is 23.8 Å². The van der Waals surface area contributed by atoms with Crippen LogP contribution in [0.1, 0.15) is 12.8 Å². The molecule has 1 unspecified atom stereocenters. The normalized spacial score (nSPS) is 14.9. The van der Waals surface area contributed by atoms with Crippen LogP contribution in [0.3, 0.4) is 0 Å². The molecule has 4 N–H and O–H groups in total. The van der Waals surface area contributed by atoms with E-state index in [9.17, 15) is 22.8 Å². The van der Waals surface area contributed by atoms with E-state index in [1.807, 2.05) is 30.3 Å². The first-order valence-corrected chi connectivity index (χ1v) is 14.2. The van der Waals surface area contributed by atoms with E-state index in [1.54, 1.807) is 24.5 Å². The molecule has 4 rings (SSSR count). The van der Waals surface area contributed by atoms with E-state index < -0.39 is 34.4 Å². The number of pyridine rings is 1. The van der Waals surface area contributed by atoms with E-state index in [2.05, 4.69) is 30.6 Å². The zero-order valence-corrected chi connectivity index (χ0v) is 22.4. The molecular formula is C27H32N6O5S. The molecule has 39 heavy (non-hydrogen) atoms. The number of nitrogens with one attached hydrogen (secondary N) is 4. The van der Waals surface area contributed by atoms with E-state index in [-0.39, 0.29) is 23.3 Å². The second-order valence-corrected chi connectivity index (χ2v) is 11.0. The molecule has 0 radical (unpaired) electrons. The quantitative estimate of drug-likeness (QED) is 0.290. The van der Waals surface area contributed by atoms with Crippen LogP contribution in [0.25, 0.3) is 10.8 Å². The van der Waals surface area contributed by atoms with Crippen molar-refractivity contribution in [3.63, 3.8) is 0 Å². The Hall–Kier alpha value is -4.03. The maximum atomic E-state index is 12.8. The number of rotatable bonds is 10. The van der Waals surface area contributed by atoms with Crippen LogP contribution in [0.15, 0.2) is 71.9 Å². The average Bonchev–Trinajstić information content (AvgIpc) is 2.98. The van der Waals surface area contributed by atoms with Crippen molar-refractivity contribution in [3.05, 3.63) is 67.0 Å². The molecular weight excluding hydrogens is 520 g/mol. The van der Waals surface area contributed by atoms with Gasteiger partial charge in [0.1, 0.15) is 6.04 Å². The van der Waals surface area contributed by atoms with Gasteiger partial charge in [0.15, 0.2) is 0 Å². The van der Waals surface area contributed by atoms with Gasteiger partial charge in [-0.05, 0) is 47.9 Å². The molecule has 0 aliphatic carbocycles. The third-order valence-electron chi connectivity index (χ3n) is 6.73. The van der Waals surface area contributed by atoms with Crippen LogP contribution in [-0.2, 0) is 24.4 Å². The molecule has 3 amide bonds. The minimum absolute atomic E-state index is 0.0269. The lowest BCUT2D eigenvalue weighted by Gasteiger charge is -2.33. The minimum Gasteiger partial charge on any atom is -0.371 e. The fraction of sp³-hybridized carbons (Fsp3) is 0.333. The van der Waals surface area contributed by atoms with Crippen LogP contribution in [0.2, 0.25) is 0 Å². The van der Waals surface area contributed by atoms with Crippen LogP contribution in [0, 0.1) is 5.92 Å². The van der Waals surface area contributed by atoms with Gasteiger partial charge in [-0.15, -0.1) is 0 Å². The summed E-state index contributed by atoms with van der Waals surface area (Å²) in [4.78, 5) is 43.9. The van der Waals surface area contributed by atoms with Gasteiger partial charge < -0.3 is 20.9 Å². The van der Waals surface area contributed by atoms with Gasteiger partial charge in [-0.1, -0.05) is 30.3 Å². The first-order valence-electron chi connectivity index (χ1n) is 12.7. The van der Waals surface area contributed by atoms with E-state index >= 15 is 0 Å². The summed E-state index contributed by atoms with van der Waals surface area (Å²) in [5.74, 6) is -1.61. The van der Waals surface area contributed by atoms with E-state index in [0.29, 0.717) is 12.8 Å². The fourth-order valence-corrected chi connectivity index (χ4v) is 5.53. The Morgan fingerprint density at radius 1 is 1.00 bits per heavy atom. The lowest BCUT2D eigenvalue weighted by molar-refractivity contribution is -0.129. The summed E-state index contributed by atoms with van der Waals surface area (Å²) in [6, 6.07) is 14.8. The van der Waals surface area contributed by atoms with Crippen molar-refractivity contribution < 1.29 is 22.8 Å². The van der Waals surface area contributed by atoms with Crippen molar-refractivity contribution in [2.24, 2.45) is 5.92 Å². The highest BCUT2D eigenvalue weighted by Crippen LogP contribution is 2.23. The molecule has 206 valence electrons. The maximum Gasteiger partial charge on any atom is 0.244 e. The maximum absolute atomic E-state index is 12.8. The summed E-state index contributed by atoms with van der Waals surface area (Å²) in [6.07, 6.45) is 4.77. The second-order valence-electron chi connectivity index (χ2n) is 9.28. The molecule has 0 bridgehead atoms. The number of hydrogen-bond acceptors (Lipinski definition) is 7. The van der Waals surface area contributed by atoms with Gasteiger partial charge in [-0.25, -0.2) is 13.1 Å². The predicted octanol–water partition coefficient (Wildman–Crippen LogP) is 0.777. The Bertz CT molecular complexity index is 1420. The van der Waals surface area contributed by atoms with Gasteiger partial charge in [-0.3, -0.25) is 19.4 Å². The molecule has 2 aromatic carbocycles. The molecule has 1 fully saturated rings. The van der Waals surface area contributed by atoms with Crippen LogP contribution >= 0.6 is 0 Å². The number of piperidine rings is 1.